The van der Waals surface area contributed by atoms with Crippen molar-refractivity contribution in [2.24, 2.45) is 5.92 Å². The smallest absolute Gasteiger partial charge is 0.339 e. The number of carbonyl (C=O) groups excluding carboxylic acids is 5. The van der Waals surface area contributed by atoms with E-state index >= 15 is 4.79 Å². The molecule has 50 heavy (non-hydrogen) atoms. The summed E-state index contributed by atoms with van der Waals surface area (Å²) in [6.07, 6.45) is 3.35. The third-order valence-corrected chi connectivity index (χ3v) is 9.63. The predicted octanol–water partition coefficient (Wildman–Crippen LogP) is 3.16. The van der Waals surface area contributed by atoms with E-state index in [-0.39, 0.29) is 32.8 Å². The molecule has 6 rings (SSSR count). The number of ketones is 1. The fraction of sp³-hybridized carbons (Fsp3) is 0.212. The molecule has 0 bridgehead atoms. The highest BCUT2D eigenvalue weighted by molar-refractivity contribution is 7.98. The number of thioether (sulfide) groups is 2. The lowest BCUT2D eigenvalue weighted by Gasteiger charge is -2.43. The van der Waals surface area contributed by atoms with Crippen molar-refractivity contribution in [3.63, 3.8) is 0 Å². The summed E-state index contributed by atoms with van der Waals surface area (Å²) in [5.74, 6) is -8.19. The monoisotopic (exact) mass is 713 g/mol. The van der Waals surface area contributed by atoms with Gasteiger partial charge < -0.3 is 19.5 Å². The largest absolute Gasteiger partial charge is 0.468 e. The third kappa shape index (κ3) is 4.78. The van der Waals surface area contributed by atoms with E-state index in [0.717, 1.165) is 49.8 Å². The molecular weight excluding hydrogens is 687 g/mol. The quantitative estimate of drug-likeness (QED) is 0.115. The molecule has 2 atom stereocenters. The minimum atomic E-state index is -2.80. The van der Waals surface area contributed by atoms with Gasteiger partial charge in [-0.05, 0) is 36.8 Å². The van der Waals surface area contributed by atoms with Crippen molar-refractivity contribution in [2.75, 3.05) is 44.1 Å². The van der Waals surface area contributed by atoms with Gasteiger partial charge in [0, 0.05) is 0 Å². The van der Waals surface area contributed by atoms with E-state index in [9.17, 15) is 24.4 Å². The summed E-state index contributed by atoms with van der Waals surface area (Å²) in [4.78, 5) is 72.7. The standard InChI is InChI=1S/C33H27N7O8S2/c1-46-30(43)21-23(35-25-19(16-34)26(49-4)36-39(25)17-12-8-6-9-13-17)29(42)38-28-20(27(50-5)37-40(28)18-14-10-7-11-15-18)24(41)22(31(44)47-2)33(21,38)32(45)48-3/h6-15,22,35H,1-5H3/t22-,33+/m0/s1. The van der Waals surface area contributed by atoms with Crippen LogP contribution in [-0.2, 0) is 33.4 Å². The topological polar surface area (TPSA) is 188 Å². The highest BCUT2D eigenvalue weighted by atomic mass is 32.2. The minimum Gasteiger partial charge on any atom is -0.468 e. The summed E-state index contributed by atoms with van der Waals surface area (Å²) in [6, 6.07) is 19.2. The summed E-state index contributed by atoms with van der Waals surface area (Å²) in [6.45, 7) is 0. The van der Waals surface area contributed by atoms with Crippen LogP contribution in [0, 0.1) is 17.2 Å². The lowest BCUT2D eigenvalue weighted by atomic mass is 9.71. The van der Waals surface area contributed by atoms with Gasteiger partial charge in [0.05, 0.1) is 38.3 Å². The number of benzene rings is 2. The first-order valence-electron chi connectivity index (χ1n) is 14.7. The number of nitrogens with zero attached hydrogens (tertiary/aromatic N) is 6. The normalized spacial score (nSPS) is 17.9. The number of anilines is 2. The molecule has 2 aliphatic rings. The molecule has 0 spiro atoms. The molecule has 2 aromatic carbocycles. The maximum atomic E-state index is 15.1. The molecule has 15 nitrogen and oxygen atoms in total. The van der Waals surface area contributed by atoms with E-state index in [2.05, 4.69) is 21.6 Å². The van der Waals surface area contributed by atoms with E-state index < -0.39 is 52.3 Å². The lowest BCUT2D eigenvalue weighted by molar-refractivity contribution is -0.157. The molecule has 1 N–H and O–H groups in total. The number of hydrogen-bond acceptors (Lipinski definition) is 14. The summed E-state index contributed by atoms with van der Waals surface area (Å²) in [5.41, 5.74) is -3.39. The number of Topliss-reactive ketones (excluding diaryl/α,β-unsaturated/α-hetero) is 1. The van der Waals surface area contributed by atoms with Crippen molar-refractivity contribution in [2.45, 2.75) is 15.6 Å². The number of carbonyl (C=O) groups is 5. The molecule has 0 unspecified atom stereocenters. The molecule has 0 fully saturated rings. The molecular formula is C33H27N7O8S2. The van der Waals surface area contributed by atoms with Crippen LogP contribution in [0.1, 0.15) is 15.9 Å². The number of fused-ring (bicyclic) bond motifs is 3. The van der Waals surface area contributed by atoms with Crippen molar-refractivity contribution in [1.82, 2.24) is 19.6 Å². The average Bonchev–Trinajstić information content (AvgIpc) is 3.79. The van der Waals surface area contributed by atoms with Crippen molar-refractivity contribution in [3.05, 3.63) is 83.1 Å². The van der Waals surface area contributed by atoms with Crippen molar-refractivity contribution >= 4 is 64.8 Å². The van der Waals surface area contributed by atoms with Crippen LogP contribution >= 0.6 is 23.5 Å². The Kier molecular flexibility index (Phi) is 8.99. The number of hydrogen-bond donors (Lipinski definition) is 1. The Hall–Kier alpha value is -5.86. The van der Waals surface area contributed by atoms with Crippen molar-refractivity contribution in [3.8, 4) is 17.4 Å². The number of esters is 3. The zero-order valence-corrected chi connectivity index (χ0v) is 28.7. The molecule has 4 aromatic rings. The summed E-state index contributed by atoms with van der Waals surface area (Å²) in [5, 5.41) is 22.8. The van der Waals surface area contributed by atoms with Gasteiger partial charge in [-0.1, -0.05) is 36.4 Å². The van der Waals surface area contributed by atoms with Gasteiger partial charge in [-0.15, -0.1) is 23.5 Å². The lowest BCUT2D eigenvalue weighted by Crippen LogP contribution is -2.67. The Bertz CT molecular complexity index is 2160. The van der Waals surface area contributed by atoms with Crippen LogP contribution in [0.5, 0.6) is 0 Å². The molecule has 4 heterocycles. The van der Waals surface area contributed by atoms with Crippen LogP contribution in [0.3, 0.4) is 0 Å². The number of ether oxygens (including phenoxy) is 3. The molecule has 0 saturated carbocycles. The molecule has 17 heteroatoms. The Morgan fingerprint density at radius 1 is 0.860 bits per heavy atom. The Labute approximate surface area is 293 Å². The number of rotatable bonds is 9. The second-order valence-corrected chi connectivity index (χ2v) is 12.2. The summed E-state index contributed by atoms with van der Waals surface area (Å²) < 4.78 is 18.1. The van der Waals surface area contributed by atoms with E-state index in [1.807, 2.05) is 0 Å². The van der Waals surface area contributed by atoms with Crippen LogP contribution in [-0.4, -0.2) is 88.5 Å². The van der Waals surface area contributed by atoms with Crippen molar-refractivity contribution < 1.29 is 38.2 Å². The molecule has 0 saturated heterocycles. The van der Waals surface area contributed by atoms with Gasteiger partial charge in [0.1, 0.15) is 33.0 Å². The SMILES string of the molecule is COC(=O)C1=C(Nc2c(C#N)c(SC)nn2-c2ccccc2)C(=O)N2c3c(c(SC)nn3-c3ccccc3)C(=O)[C@@H](C(=O)OC)[C@@]12C(=O)OC. The highest BCUT2D eigenvalue weighted by Gasteiger charge is 2.73. The molecule has 1 amide bonds. The number of nitrogens with one attached hydrogen (secondary N) is 1. The highest BCUT2D eigenvalue weighted by Crippen LogP contribution is 2.53. The van der Waals surface area contributed by atoms with Gasteiger partial charge in [0.25, 0.3) is 5.91 Å². The van der Waals surface area contributed by atoms with Gasteiger partial charge in [-0.25, -0.2) is 19.0 Å². The summed E-state index contributed by atoms with van der Waals surface area (Å²) in [7, 11) is 3.00. The Balaban J connectivity index is 1.75. The van der Waals surface area contributed by atoms with Crippen LogP contribution in [0.15, 0.2) is 82.0 Å². The fourth-order valence-electron chi connectivity index (χ4n) is 6.23. The Morgan fingerprint density at radius 2 is 1.44 bits per heavy atom. The number of nitriles is 1. The van der Waals surface area contributed by atoms with Gasteiger partial charge in [0.15, 0.2) is 23.3 Å². The summed E-state index contributed by atoms with van der Waals surface area (Å²) >= 11 is 2.23. The maximum absolute atomic E-state index is 15.1. The molecule has 0 aliphatic carbocycles. The number of aromatic nitrogens is 4. The first-order valence-corrected chi connectivity index (χ1v) is 17.1. The number of amides is 1. The van der Waals surface area contributed by atoms with Gasteiger partial charge in [-0.3, -0.25) is 19.3 Å². The van der Waals surface area contributed by atoms with Crippen molar-refractivity contribution in [1.29, 1.82) is 5.26 Å². The molecule has 2 aromatic heterocycles. The van der Waals surface area contributed by atoms with Crippen LogP contribution in [0.4, 0.5) is 11.6 Å². The molecule has 2 aliphatic heterocycles. The van der Waals surface area contributed by atoms with Crippen LogP contribution in [0.25, 0.3) is 11.4 Å². The zero-order chi connectivity index (χ0) is 35.9. The van der Waals surface area contributed by atoms with Crippen LogP contribution < -0.4 is 10.2 Å². The van der Waals surface area contributed by atoms with E-state index in [4.69, 9.17) is 14.2 Å². The zero-order valence-electron chi connectivity index (χ0n) is 27.1. The molecule has 0 radical (unpaired) electrons. The first kappa shape index (κ1) is 34.0. The van der Waals surface area contributed by atoms with Gasteiger partial charge >= 0.3 is 17.9 Å². The fourth-order valence-corrected chi connectivity index (χ4v) is 7.29. The van der Waals surface area contributed by atoms with E-state index in [1.165, 1.54) is 9.36 Å². The second-order valence-electron chi connectivity index (χ2n) is 10.6. The maximum Gasteiger partial charge on any atom is 0.339 e. The van der Waals surface area contributed by atoms with E-state index in [1.54, 1.807) is 73.2 Å². The Morgan fingerprint density at radius 3 is 1.96 bits per heavy atom. The van der Waals surface area contributed by atoms with Crippen LogP contribution in [0.2, 0.25) is 0 Å². The second kappa shape index (κ2) is 13.2. The first-order chi connectivity index (χ1) is 24.1. The minimum absolute atomic E-state index is 0.00291. The van der Waals surface area contributed by atoms with Gasteiger partial charge in [0.2, 0.25) is 5.54 Å². The predicted molar refractivity (Wildman–Crippen MR) is 180 cm³/mol. The number of para-hydroxylation sites is 2. The van der Waals surface area contributed by atoms with Gasteiger partial charge in [-0.2, -0.15) is 15.5 Å². The average molecular weight is 714 g/mol. The third-order valence-electron chi connectivity index (χ3n) is 8.29. The number of methoxy groups -OCH3 is 3. The van der Waals surface area contributed by atoms with E-state index in [0.29, 0.717) is 11.4 Å². The molecule has 254 valence electrons.